The Bertz CT molecular complexity index is 1830. The average Bonchev–Trinajstić information content (AvgIpc) is 3.66. The summed E-state index contributed by atoms with van der Waals surface area (Å²) in [4.78, 5) is 12.4. The molecular weight excluding hydrogens is 575 g/mol. The summed E-state index contributed by atoms with van der Waals surface area (Å²) >= 11 is 0. The fourth-order valence-corrected chi connectivity index (χ4v) is 6.01. The Morgan fingerprint density at radius 1 is 1.02 bits per heavy atom. The van der Waals surface area contributed by atoms with E-state index in [0.29, 0.717) is 33.7 Å². The molecule has 1 heterocycles. The number of rotatable bonds is 11. The molecule has 0 bridgehead atoms. The van der Waals surface area contributed by atoms with Gasteiger partial charge in [0.05, 0.1) is 18.2 Å². The molecule has 0 aliphatic heterocycles. The van der Waals surface area contributed by atoms with Gasteiger partial charge in [-0.1, -0.05) is 0 Å². The van der Waals surface area contributed by atoms with Crippen molar-refractivity contribution >= 4 is 42.7 Å². The normalized spacial score (nSPS) is 13.8. The van der Waals surface area contributed by atoms with Crippen LogP contribution in [0.5, 0.6) is 11.5 Å². The molecule has 1 saturated carbocycles. The first-order valence-corrected chi connectivity index (χ1v) is 16.3. The molecule has 0 spiro atoms. The van der Waals surface area contributed by atoms with Crippen molar-refractivity contribution in [2.24, 2.45) is 0 Å². The van der Waals surface area contributed by atoms with Gasteiger partial charge < -0.3 is 14.3 Å². The highest BCUT2D eigenvalue weighted by Gasteiger charge is 2.33. The zero-order valence-corrected chi connectivity index (χ0v) is 23.8. The first-order chi connectivity index (χ1) is 19.3. The summed E-state index contributed by atoms with van der Waals surface area (Å²) in [5.74, 6) is -0.613. The number of carboxylic acids is 1. The van der Waals surface area contributed by atoms with Gasteiger partial charge in [0.15, 0.2) is 0 Å². The van der Waals surface area contributed by atoms with Gasteiger partial charge in [0.2, 0.25) is 20.0 Å². The molecule has 2 N–H and O–H groups in total. The number of halogens is 1. The molecule has 1 aliphatic carbocycles. The fourth-order valence-electron chi connectivity index (χ4n) is 4.61. The van der Waals surface area contributed by atoms with Crippen LogP contribution in [0.2, 0.25) is 0 Å². The van der Waals surface area contributed by atoms with E-state index in [1.807, 2.05) is 0 Å². The predicted octanol–water partition coefficient (Wildman–Crippen LogP) is 4.92. The molecule has 0 atom stereocenters. The number of carboxylic acid groups (broad SMARTS) is 1. The molecule has 0 radical (unpaired) electrons. The van der Waals surface area contributed by atoms with E-state index in [1.165, 1.54) is 30.3 Å². The maximum Gasteiger partial charge on any atom is 0.340 e. The third-order valence-electron chi connectivity index (χ3n) is 6.58. The lowest BCUT2D eigenvalue weighted by molar-refractivity contribution is 0.0699. The molecule has 41 heavy (non-hydrogen) atoms. The van der Waals surface area contributed by atoms with Crippen molar-refractivity contribution < 1.29 is 40.3 Å². The molecule has 0 amide bonds. The predicted molar refractivity (Wildman–Crippen MR) is 152 cm³/mol. The molecule has 1 aliphatic rings. The van der Waals surface area contributed by atoms with Crippen LogP contribution in [0, 0.1) is 5.82 Å². The third-order valence-corrected chi connectivity index (χ3v) is 8.49. The van der Waals surface area contributed by atoms with Crippen LogP contribution in [-0.4, -0.2) is 53.5 Å². The van der Waals surface area contributed by atoms with Gasteiger partial charge >= 0.3 is 5.97 Å². The number of hydrogen-bond acceptors (Lipinski definition) is 7. The zero-order chi connectivity index (χ0) is 29.5. The lowest BCUT2D eigenvalue weighted by atomic mass is 10.0. The number of nitrogens with zero attached hydrogens (tertiary/aromatic N) is 1. The second kappa shape index (κ2) is 10.8. The van der Waals surface area contributed by atoms with Crippen molar-refractivity contribution in [2.75, 3.05) is 29.9 Å². The molecular formula is C28H27FN2O8S2. The molecule has 10 nitrogen and oxygen atoms in total. The monoisotopic (exact) mass is 602 g/mol. The van der Waals surface area contributed by atoms with Crippen LogP contribution in [0.3, 0.4) is 0 Å². The van der Waals surface area contributed by atoms with Crippen LogP contribution in [0.1, 0.15) is 34.7 Å². The zero-order valence-electron chi connectivity index (χ0n) is 22.1. The summed E-state index contributed by atoms with van der Waals surface area (Å²) in [6, 6.07) is 15.2. The van der Waals surface area contributed by atoms with E-state index in [4.69, 9.17) is 9.15 Å². The largest absolute Gasteiger partial charge is 0.478 e. The quantitative estimate of drug-likeness (QED) is 0.246. The van der Waals surface area contributed by atoms with Crippen molar-refractivity contribution in [1.82, 2.24) is 4.72 Å². The summed E-state index contributed by atoms with van der Waals surface area (Å²) in [6.45, 7) is -0.309. The molecule has 0 saturated heterocycles. The molecule has 0 unspecified atom stereocenters. The number of hydrogen-bond donors (Lipinski definition) is 2. The molecule has 1 fully saturated rings. The van der Waals surface area contributed by atoms with Gasteiger partial charge in [0.25, 0.3) is 0 Å². The Hall–Kier alpha value is -3.94. The number of aromatic carboxylic acids is 1. The second-order valence-electron chi connectivity index (χ2n) is 9.87. The minimum atomic E-state index is -3.83. The second-order valence-corrected chi connectivity index (χ2v) is 13.6. The van der Waals surface area contributed by atoms with E-state index < -0.39 is 31.8 Å². The molecule has 216 valence electrons. The summed E-state index contributed by atoms with van der Waals surface area (Å²) in [5, 5.41) is 10.5. The van der Waals surface area contributed by atoms with Gasteiger partial charge in [-0.2, -0.15) is 0 Å². The Morgan fingerprint density at radius 2 is 1.63 bits per heavy atom. The number of carbonyl (C=O) groups is 1. The number of anilines is 1. The Morgan fingerprint density at radius 3 is 2.17 bits per heavy atom. The van der Waals surface area contributed by atoms with Gasteiger partial charge in [0.1, 0.15) is 34.2 Å². The van der Waals surface area contributed by atoms with Gasteiger partial charge in [-0.25, -0.2) is 30.7 Å². The first kappa shape index (κ1) is 28.6. The summed E-state index contributed by atoms with van der Waals surface area (Å²) in [5.41, 5.74) is 1.54. The molecule has 1 aromatic heterocycles. The molecule has 4 aromatic rings. The van der Waals surface area contributed by atoms with E-state index in [1.54, 1.807) is 30.3 Å². The highest BCUT2D eigenvalue weighted by molar-refractivity contribution is 7.92. The first-order valence-electron chi connectivity index (χ1n) is 12.6. The number of benzene rings is 3. The van der Waals surface area contributed by atoms with Crippen molar-refractivity contribution in [3.05, 3.63) is 77.6 Å². The van der Waals surface area contributed by atoms with E-state index >= 15 is 0 Å². The highest BCUT2D eigenvalue weighted by atomic mass is 32.2. The summed E-state index contributed by atoms with van der Waals surface area (Å²) in [7, 11) is -7.37. The number of nitrogens with one attached hydrogen (secondary N) is 1. The van der Waals surface area contributed by atoms with Gasteiger partial charge in [0, 0.05) is 30.1 Å². The lowest BCUT2D eigenvalue weighted by Crippen LogP contribution is -2.38. The SMILES string of the molecule is CS(=O)(=O)NCCN(c1cc2oc(-c3ccc(Oc4ccc(F)cc4)cc3)c(C(=O)O)c2cc1C1CC1)S(C)(=O)=O. The van der Waals surface area contributed by atoms with Crippen LogP contribution < -0.4 is 13.8 Å². The number of fused-ring (bicyclic) bond motifs is 1. The van der Waals surface area contributed by atoms with E-state index in [9.17, 15) is 31.1 Å². The topological polar surface area (TPSA) is 143 Å². The minimum absolute atomic E-state index is 0.0319. The van der Waals surface area contributed by atoms with Crippen LogP contribution in [0.4, 0.5) is 10.1 Å². The van der Waals surface area contributed by atoms with Crippen molar-refractivity contribution in [1.29, 1.82) is 0 Å². The van der Waals surface area contributed by atoms with Gasteiger partial charge in [-0.3, -0.25) is 4.31 Å². The third kappa shape index (κ3) is 6.53. The number of ether oxygens (including phenoxy) is 1. The van der Waals surface area contributed by atoms with Crippen LogP contribution in [0.25, 0.3) is 22.3 Å². The maximum atomic E-state index is 13.2. The fraction of sp³-hybridized carbons (Fsp3) is 0.250. The molecule has 5 rings (SSSR count). The van der Waals surface area contributed by atoms with Crippen molar-refractivity contribution in [3.63, 3.8) is 0 Å². The maximum absolute atomic E-state index is 13.2. The van der Waals surface area contributed by atoms with Crippen LogP contribution >= 0.6 is 0 Å². The highest BCUT2D eigenvalue weighted by Crippen LogP contribution is 2.48. The van der Waals surface area contributed by atoms with E-state index in [0.717, 1.165) is 29.7 Å². The number of furan rings is 1. The number of sulfonamides is 2. The van der Waals surface area contributed by atoms with Gasteiger partial charge in [-0.15, -0.1) is 0 Å². The Kier molecular flexibility index (Phi) is 7.53. The van der Waals surface area contributed by atoms with E-state index in [2.05, 4.69) is 4.72 Å². The van der Waals surface area contributed by atoms with Gasteiger partial charge in [-0.05, 0) is 78.9 Å². The van der Waals surface area contributed by atoms with E-state index in [-0.39, 0.29) is 35.9 Å². The van der Waals surface area contributed by atoms with Crippen molar-refractivity contribution in [2.45, 2.75) is 18.8 Å². The lowest BCUT2D eigenvalue weighted by Gasteiger charge is -2.25. The Labute approximate surface area is 236 Å². The molecule has 13 heteroatoms. The van der Waals surface area contributed by atoms with Crippen LogP contribution in [0.15, 0.2) is 65.1 Å². The summed E-state index contributed by atoms with van der Waals surface area (Å²) in [6.07, 6.45) is 3.62. The summed E-state index contributed by atoms with van der Waals surface area (Å²) < 4.78 is 77.0. The van der Waals surface area contributed by atoms with Crippen molar-refractivity contribution in [3.8, 4) is 22.8 Å². The minimum Gasteiger partial charge on any atom is -0.478 e. The average molecular weight is 603 g/mol. The molecule has 3 aromatic carbocycles. The van der Waals surface area contributed by atoms with Crippen LogP contribution in [-0.2, 0) is 20.0 Å². The smallest absolute Gasteiger partial charge is 0.340 e. The standard InChI is InChI=1S/C28H27FN2O8S2/c1-40(34,35)30-13-14-31(41(2,36)37)24-16-25-23(15-22(24)17-3-4-17)26(28(32)33)27(39-25)18-5-9-20(10-6-18)38-21-11-7-19(29)8-12-21/h5-12,15-17,30H,3-4,13-14H2,1-2H3,(H,32,33). The Balaban J connectivity index is 1.55.